The van der Waals surface area contributed by atoms with Crippen molar-refractivity contribution < 1.29 is 14.4 Å². The summed E-state index contributed by atoms with van der Waals surface area (Å²) in [6, 6.07) is 3.45. The van der Waals surface area contributed by atoms with Crippen LogP contribution in [0.5, 0.6) is 0 Å². The van der Waals surface area contributed by atoms with Crippen LogP contribution in [0.1, 0.15) is 28.5 Å². The lowest BCUT2D eigenvalue weighted by molar-refractivity contribution is -0.141. The summed E-state index contributed by atoms with van der Waals surface area (Å²) in [5.74, 6) is -1.22. The summed E-state index contributed by atoms with van der Waals surface area (Å²) in [5.41, 5.74) is 1.54. The minimum absolute atomic E-state index is 0.301. The van der Waals surface area contributed by atoms with Gasteiger partial charge in [0.2, 0.25) is 5.78 Å². The summed E-state index contributed by atoms with van der Waals surface area (Å²) in [6.45, 7) is 4.95. The van der Waals surface area contributed by atoms with E-state index in [-0.39, 0.29) is 5.69 Å². The molecular weight excluding hydrogens is 310 g/mol. The van der Waals surface area contributed by atoms with Gasteiger partial charge in [0.25, 0.3) is 0 Å². The van der Waals surface area contributed by atoms with E-state index in [9.17, 15) is 14.4 Å². The normalized spacial score (nSPS) is 11.0. The Hall–Kier alpha value is -2.96. The summed E-state index contributed by atoms with van der Waals surface area (Å²) in [4.78, 5) is 47.0. The molecule has 2 rings (SSSR count). The van der Waals surface area contributed by atoms with E-state index < -0.39 is 17.3 Å². The highest BCUT2D eigenvalue weighted by Crippen LogP contribution is 2.16. The van der Waals surface area contributed by atoms with Gasteiger partial charge in [0.1, 0.15) is 5.52 Å². The second-order valence-corrected chi connectivity index (χ2v) is 5.71. The van der Waals surface area contributed by atoms with Crippen LogP contribution < -0.4 is 10.4 Å². The molecule has 0 amide bonds. The standard InChI is InChI=1S/C17H19N3O4/c1-10-8-13-14(9-11(10)2)20(24-12(3)21)17(23)16(18-13)15(22)6-7-19(4)5/h6-9H,1-5H3/b7-6+. The van der Waals surface area contributed by atoms with Crippen LogP contribution in [0.15, 0.2) is 29.2 Å². The first-order chi connectivity index (χ1) is 11.2. The third-order valence-corrected chi connectivity index (χ3v) is 3.41. The van der Waals surface area contributed by atoms with Crippen LogP contribution in [-0.4, -0.2) is 40.5 Å². The summed E-state index contributed by atoms with van der Waals surface area (Å²) in [5, 5.41) is 0. The minimum atomic E-state index is -0.769. The molecule has 0 bridgehead atoms. The quantitative estimate of drug-likeness (QED) is 0.620. The maximum atomic E-state index is 12.6. The fourth-order valence-electron chi connectivity index (χ4n) is 2.09. The number of ketones is 1. The number of benzene rings is 1. The molecule has 24 heavy (non-hydrogen) atoms. The van der Waals surface area contributed by atoms with Gasteiger partial charge in [-0.15, -0.1) is 4.73 Å². The average molecular weight is 329 g/mol. The van der Waals surface area contributed by atoms with Crippen LogP contribution in [0.3, 0.4) is 0 Å². The van der Waals surface area contributed by atoms with E-state index in [4.69, 9.17) is 4.84 Å². The number of carbonyl (C=O) groups is 2. The number of hydrogen-bond acceptors (Lipinski definition) is 6. The molecular formula is C17H19N3O4. The molecule has 0 spiro atoms. The molecule has 0 aliphatic rings. The van der Waals surface area contributed by atoms with Crippen LogP contribution >= 0.6 is 0 Å². The van der Waals surface area contributed by atoms with Crippen LogP contribution in [0.2, 0.25) is 0 Å². The number of rotatable bonds is 4. The van der Waals surface area contributed by atoms with Crippen LogP contribution in [-0.2, 0) is 4.79 Å². The number of allylic oxidation sites excluding steroid dienone is 1. The summed E-state index contributed by atoms with van der Waals surface area (Å²) in [7, 11) is 3.50. The number of carbonyl (C=O) groups excluding carboxylic acids is 2. The maximum absolute atomic E-state index is 12.6. The lowest BCUT2D eigenvalue weighted by atomic mass is 10.1. The highest BCUT2D eigenvalue weighted by atomic mass is 16.7. The summed E-state index contributed by atoms with van der Waals surface area (Å²) >= 11 is 0. The Bertz CT molecular complexity index is 910. The van der Waals surface area contributed by atoms with Gasteiger partial charge in [-0.3, -0.25) is 9.59 Å². The zero-order valence-corrected chi connectivity index (χ0v) is 14.3. The zero-order chi connectivity index (χ0) is 18.0. The summed E-state index contributed by atoms with van der Waals surface area (Å²) in [6.07, 6.45) is 2.76. The smallest absolute Gasteiger partial charge is 0.330 e. The highest BCUT2D eigenvalue weighted by molar-refractivity contribution is 6.03. The van der Waals surface area contributed by atoms with Crippen LogP contribution in [0.25, 0.3) is 11.0 Å². The van der Waals surface area contributed by atoms with Crippen molar-refractivity contribution in [2.75, 3.05) is 14.1 Å². The molecule has 0 atom stereocenters. The van der Waals surface area contributed by atoms with E-state index in [1.807, 2.05) is 13.8 Å². The van der Waals surface area contributed by atoms with Crippen LogP contribution in [0.4, 0.5) is 0 Å². The monoisotopic (exact) mass is 329 g/mol. The number of hydrogen-bond donors (Lipinski definition) is 0. The largest absolute Gasteiger partial charge is 0.383 e. The van der Waals surface area contributed by atoms with Gasteiger partial charge in [-0.25, -0.2) is 9.78 Å². The molecule has 0 radical (unpaired) electrons. The number of aromatic nitrogens is 2. The van der Waals surface area contributed by atoms with E-state index >= 15 is 0 Å². The molecule has 0 aliphatic carbocycles. The predicted octanol–water partition coefficient (Wildman–Crippen LogP) is 1.25. The van der Waals surface area contributed by atoms with Crippen molar-refractivity contribution in [2.45, 2.75) is 20.8 Å². The molecule has 7 nitrogen and oxygen atoms in total. The molecule has 1 heterocycles. The third-order valence-electron chi connectivity index (χ3n) is 3.41. The Kier molecular flexibility index (Phi) is 4.82. The van der Waals surface area contributed by atoms with E-state index in [0.717, 1.165) is 15.9 Å². The molecule has 0 saturated carbocycles. The van der Waals surface area contributed by atoms with E-state index in [1.54, 1.807) is 31.1 Å². The second-order valence-electron chi connectivity index (χ2n) is 5.71. The number of fused-ring (bicyclic) bond motifs is 1. The van der Waals surface area contributed by atoms with Crippen LogP contribution in [0, 0.1) is 13.8 Å². The molecule has 1 aromatic heterocycles. The topological polar surface area (TPSA) is 81.5 Å². The molecule has 0 aliphatic heterocycles. The lowest BCUT2D eigenvalue weighted by Gasteiger charge is -2.11. The third kappa shape index (κ3) is 3.51. The first-order valence-corrected chi connectivity index (χ1v) is 7.32. The van der Waals surface area contributed by atoms with Gasteiger partial charge >= 0.3 is 11.5 Å². The SMILES string of the molecule is CC(=O)On1c(=O)c(C(=O)/C=C/N(C)C)nc2cc(C)c(C)cc21. The highest BCUT2D eigenvalue weighted by Gasteiger charge is 2.18. The van der Waals surface area contributed by atoms with Crippen molar-refractivity contribution in [1.82, 2.24) is 14.6 Å². The van der Waals surface area contributed by atoms with Gasteiger partial charge in [0.05, 0.1) is 5.52 Å². The van der Waals surface area contributed by atoms with Crippen molar-refractivity contribution in [3.63, 3.8) is 0 Å². The summed E-state index contributed by atoms with van der Waals surface area (Å²) < 4.78 is 0.827. The first kappa shape index (κ1) is 17.4. The molecule has 0 saturated heterocycles. The molecule has 1 aromatic carbocycles. The van der Waals surface area contributed by atoms with Gasteiger partial charge in [-0.05, 0) is 37.1 Å². The van der Waals surface area contributed by atoms with Gasteiger partial charge < -0.3 is 9.74 Å². The Morgan fingerprint density at radius 3 is 2.42 bits per heavy atom. The van der Waals surface area contributed by atoms with Gasteiger partial charge in [0, 0.05) is 33.3 Å². The first-order valence-electron chi connectivity index (χ1n) is 7.32. The second kappa shape index (κ2) is 6.66. The Morgan fingerprint density at radius 2 is 1.83 bits per heavy atom. The van der Waals surface area contributed by atoms with Crippen molar-refractivity contribution >= 4 is 22.8 Å². The fourth-order valence-corrected chi connectivity index (χ4v) is 2.09. The minimum Gasteiger partial charge on any atom is -0.383 e. The van der Waals surface area contributed by atoms with Gasteiger partial charge in [0.15, 0.2) is 5.69 Å². The molecule has 0 fully saturated rings. The molecule has 0 N–H and O–H groups in total. The van der Waals surface area contributed by atoms with E-state index in [0.29, 0.717) is 11.0 Å². The number of nitrogens with zero attached hydrogens (tertiary/aromatic N) is 3. The molecule has 126 valence electrons. The molecule has 2 aromatic rings. The number of aryl methyl sites for hydroxylation is 2. The van der Waals surface area contributed by atoms with Crippen molar-refractivity contribution in [1.29, 1.82) is 0 Å². The average Bonchev–Trinajstić information content (AvgIpc) is 2.49. The molecule has 7 heteroatoms. The lowest BCUT2D eigenvalue weighted by Crippen LogP contribution is -2.34. The van der Waals surface area contributed by atoms with E-state index in [1.165, 1.54) is 19.2 Å². The van der Waals surface area contributed by atoms with Gasteiger partial charge in [-0.1, -0.05) is 0 Å². The Morgan fingerprint density at radius 1 is 1.21 bits per heavy atom. The van der Waals surface area contributed by atoms with E-state index in [2.05, 4.69) is 4.98 Å². The van der Waals surface area contributed by atoms with Crippen molar-refractivity contribution in [3.05, 3.63) is 51.6 Å². The van der Waals surface area contributed by atoms with Crippen molar-refractivity contribution in [2.24, 2.45) is 0 Å². The zero-order valence-electron chi connectivity index (χ0n) is 14.3. The fraction of sp³-hybridized carbons (Fsp3) is 0.294. The predicted molar refractivity (Wildman–Crippen MR) is 89.9 cm³/mol. The van der Waals surface area contributed by atoms with Crippen molar-refractivity contribution in [3.8, 4) is 0 Å². The Balaban J connectivity index is 2.76. The maximum Gasteiger partial charge on any atom is 0.330 e. The molecule has 0 unspecified atom stereocenters. The Labute approximate surface area is 139 Å². The van der Waals surface area contributed by atoms with Gasteiger partial charge in [-0.2, -0.15) is 0 Å².